The van der Waals surface area contributed by atoms with E-state index in [1.54, 1.807) is 0 Å². The van der Waals surface area contributed by atoms with Crippen molar-refractivity contribution in [2.45, 2.75) is 24.3 Å². The van der Waals surface area contributed by atoms with E-state index >= 15 is 0 Å². The minimum absolute atomic E-state index is 0.112. The van der Waals surface area contributed by atoms with Crippen molar-refractivity contribution in [3.63, 3.8) is 0 Å². The van der Waals surface area contributed by atoms with Crippen LogP contribution in [0.5, 0.6) is 0 Å². The third-order valence-electron chi connectivity index (χ3n) is 2.58. The smallest absolute Gasteiger partial charge is 0.324 e. The Morgan fingerprint density at radius 3 is 2.05 bits per heavy atom. The second-order valence-corrected chi connectivity index (χ2v) is 6.32. The van der Waals surface area contributed by atoms with Crippen LogP contribution in [0.15, 0.2) is 29.2 Å². The van der Waals surface area contributed by atoms with Crippen LogP contribution in [-0.2, 0) is 14.8 Å². The quantitative estimate of drug-likeness (QED) is 0.718. The topological polar surface area (TPSA) is 113 Å². The largest absolute Gasteiger partial charge is 0.480 e. The van der Waals surface area contributed by atoms with Crippen molar-refractivity contribution in [3.8, 4) is 0 Å². The maximum atomic E-state index is 12.0. The van der Waals surface area contributed by atoms with Gasteiger partial charge in [0.05, 0.1) is 4.90 Å². The number of sulfonamides is 1. The summed E-state index contributed by atoms with van der Waals surface area (Å²) in [6.45, 7) is 2.48. The molecule has 110 valence electrons. The first-order chi connectivity index (χ1) is 9.10. The lowest BCUT2D eigenvalue weighted by Crippen LogP contribution is -2.49. The first kappa shape index (κ1) is 16.1. The van der Waals surface area contributed by atoms with Crippen LogP contribution in [0.4, 0.5) is 0 Å². The lowest BCUT2D eigenvalue weighted by atomic mass is 10.1. The summed E-state index contributed by atoms with van der Waals surface area (Å²) in [4.78, 5) is 22.2. The highest BCUT2D eigenvalue weighted by molar-refractivity contribution is 7.89. The van der Waals surface area contributed by atoms with Gasteiger partial charge in [0.2, 0.25) is 10.0 Å². The van der Waals surface area contributed by atoms with E-state index in [0.717, 1.165) is 0 Å². The number of nitrogens with one attached hydrogen (secondary N) is 2. The fourth-order valence-electron chi connectivity index (χ4n) is 1.37. The molecule has 7 nitrogen and oxygen atoms in total. The standard InChI is InChI=1S/C12H16N2O5S/c1-12(2,11(16)17)14-20(18,19)9-6-4-8(5-7-9)10(15)13-3/h4-7,14H,1-3H3,(H,13,15)(H,16,17). The van der Waals surface area contributed by atoms with Gasteiger partial charge in [-0.15, -0.1) is 0 Å². The van der Waals surface area contributed by atoms with Crippen LogP contribution < -0.4 is 10.0 Å². The third-order valence-corrected chi connectivity index (χ3v) is 4.25. The van der Waals surface area contributed by atoms with Gasteiger partial charge in [-0.05, 0) is 38.1 Å². The Morgan fingerprint density at radius 2 is 1.65 bits per heavy atom. The summed E-state index contributed by atoms with van der Waals surface area (Å²) in [5.74, 6) is -1.63. The zero-order valence-electron chi connectivity index (χ0n) is 11.3. The summed E-state index contributed by atoms with van der Waals surface area (Å²) in [6.07, 6.45) is 0. The van der Waals surface area contributed by atoms with Crippen LogP contribution in [0.2, 0.25) is 0 Å². The normalized spacial score (nSPS) is 11.9. The molecule has 0 heterocycles. The molecule has 0 radical (unpaired) electrons. The van der Waals surface area contributed by atoms with Gasteiger partial charge in [-0.25, -0.2) is 8.42 Å². The Labute approximate surface area is 117 Å². The van der Waals surface area contributed by atoms with Crippen LogP contribution in [0.25, 0.3) is 0 Å². The zero-order valence-corrected chi connectivity index (χ0v) is 12.1. The number of benzene rings is 1. The van der Waals surface area contributed by atoms with E-state index in [-0.39, 0.29) is 10.8 Å². The number of amides is 1. The molecule has 1 aromatic carbocycles. The van der Waals surface area contributed by atoms with Crippen LogP contribution >= 0.6 is 0 Å². The van der Waals surface area contributed by atoms with E-state index in [1.165, 1.54) is 45.2 Å². The molecule has 0 saturated heterocycles. The molecule has 0 aromatic heterocycles. The summed E-state index contributed by atoms with van der Waals surface area (Å²) in [5, 5.41) is 11.3. The van der Waals surface area contributed by atoms with Gasteiger partial charge in [-0.2, -0.15) is 4.72 Å². The van der Waals surface area contributed by atoms with Gasteiger partial charge < -0.3 is 10.4 Å². The Balaban J connectivity index is 3.05. The molecule has 0 bridgehead atoms. The zero-order chi connectivity index (χ0) is 15.6. The average molecular weight is 300 g/mol. The molecule has 1 amide bonds. The number of carboxylic acids is 1. The predicted molar refractivity (Wildman–Crippen MR) is 71.9 cm³/mol. The van der Waals surface area contributed by atoms with E-state index < -0.39 is 21.5 Å². The lowest BCUT2D eigenvalue weighted by molar-refractivity contribution is -0.142. The number of carbonyl (C=O) groups excluding carboxylic acids is 1. The number of hydrogen-bond acceptors (Lipinski definition) is 4. The van der Waals surface area contributed by atoms with Crippen LogP contribution in [0.3, 0.4) is 0 Å². The molecule has 1 rings (SSSR count). The maximum absolute atomic E-state index is 12.0. The molecule has 0 fully saturated rings. The molecule has 0 atom stereocenters. The molecule has 0 aliphatic carbocycles. The van der Waals surface area contributed by atoms with Crippen LogP contribution in [0.1, 0.15) is 24.2 Å². The molecule has 1 aromatic rings. The minimum Gasteiger partial charge on any atom is -0.480 e. The van der Waals surface area contributed by atoms with E-state index in [1.807, 2.05) is 0 Å². The van der Waals surface area contributed by atoms with Gasteiger partial charge in [0.25, 0.3) is 5.91 Å². The molecule has 0 unspecified atom stereocenters. The number of rotatable bonds is 5. The molecule has 0 aliphatic rings. The van der Waals surface area contributed by atoms with E-state index in [9.17, 15) is 18.0 Å². The SMILES string of the molecule is CNC(=O)c1ccc(S(=O)(=O)NC(C)(C)C(=O)O)cc1. The molecule has 0 saturated carbocycles. The molecule has 0 spiro atoms. The highest BCUT2D eigenvalue weighted by Crippen LogP contribution is 2.14. The fraction of sp³-hybridized carbons (Fsp3) is 0.333. The Kier molecular flexibility index (Phi) is 4.51. The van der Waals surface area contributed by atoms with E-state index in [0.29, 0.717) is 5.56 Å². The van der Waals surface area contributed by atoms with E-state index in [2.05, 4.69) is 10.0 Å². The predicted octanol–water partition coefficient (Wildman–Crippen LogP) is 0.188. The van der Waals surface area contributed by atoms with Crippen molar-refractivity contribution in [2.24, 2.45) is 0 Å². The molecule has 3 N–H and O–H groups in total. The fourth-order valence-corrected chi connectivity index (χ4v) is 2.74. The van der Waals surface area contributed by atoms with Crippen LogP contribution in [-0.4, -0.2) is 38.0 Å². The van der Waals surface area contributed by atoms with Crippen molar-refractivity contribution in [1.82, 2.24) is 10.0 Å². The maximum Gasteiger partial charge on any atom is 0.324 e. The first-order valence-electron chi connectivity index (χ1n) is 5.69. The summed E-state index contributed by atoms with van der Waals surface area (Å²) in [7, 11) is -2.51. The lowest BCUT2D eigenvalue weighted by Gasteiger charge is -2.20. The Hall–Kier alpha value is -1.93. The second kappa shape index (κ2) is 5.59. The average Bonchev–Trinajstić information content (AvgIpc) is 2.36. The highest BCUT2D eigenvalue weighted by atomic mass is 32.2. The number of carbonyl (C=O) groups is 2. The number of aliphatic carboxylic acids is 1. The molecule has 8 heteroatoms. The Bertz CT molecular complexity index is 620. The van der Waals surface area contributed by atoms with Crippen LogP contribution in [0, 0.1) is 0 Å². The van der Waals surface area contributed by atoms with Crippen molar-refractivity contribution in [1.29, 1.82) is 0 Å². The number of hydrogen-bond donors (Lipinski definition) is 3. The summed E-state index contributed by atoms with van der Waals surface area (Å²) < 4.78 is 26.1. The molecule has 0 aliphatic heterocycles. The number of carboxylic acid groups (broad SMARTS) is 1. The third kappa shape index (κ3) is 3.55. The van der Waals surface area contributed by atoms with Gasteiger partial charge in [-0.1, -0.05) is 0 Å². The first-order valence-corrected chi connectivity index (χ1v) is 7.18. The van der Waals surface area contributed by atoms with Crippen molar-refractivity contribution in [2.75, 3.05) is 7.05 Å². The van der Waals surface area contributed by atoms with Crippen molar-refractivity contribution < 1.29 is 23.1 Å². The van der Waals surface area contributed by atoms with Gasteiger partial charge in [0.15, 0.2) is 0 Å². The summed E-state index contributed by atoms with van der Waals surface area (Å²) in [6, 6.07) is 5.18. The van der Waals surface area contributed by atoms with Crippen molar-refractivity contribution >= 4 is 21.9 Å². The van der Waals surface area contributed by atoms with Gasteiger partial charge in [0, 0.05) is 12.6 Å². The summed E-state index contributed by atoms with van der Waals surface area (Å²) in [5.41, 5.74) is -1.32. The second-order valence-electron chi connectivity index (χ2n) is 4.64. The summed E-state index contributed by atoms with van der Waals surface area (Å²) >= 11 is 0. The van der Waals surface area contributed by atoms with Crippen molar-refractivity contribution in [3.05, 3.63) is 29.8 Å². The van der Waals surface area contributed by atoms with E-state index in [4.69, 9.17) is 5.11 Å². The highest BCUT2D eigenvalue weighted by Gasteiger charge is 2.32. The van der Waals surface area contributed by atoms with Gasteiger partial charge in [0.1, 0.15) is 5.54 Å². The molecular weight excluding hydrogens is 284 g/mol. The van der Waals surface area contributed by atoms with Gasteiger partial charge in [-0.3, -0.25) is 9.59 Å². The molecular formula is C12H16N2O5S. The molecule has 20 heavy (non-hydrogen) atoms. The minimum atomic E-state index is -3.97. The monoisotopic (exact) mass is 300 g/mol. The Morgan fingerprint density at radius 1 is 1.15 bits per heavy atom. The van der Waals surface area contributed by atoms with Gasteiger partial charge >= 0.3 is 5.97 Å².